The molecule has 2 N–H and O–H groups in total. The zero-order chi connectivity index (χ0) is 18.9. The molecular weight excluding hydrogens is 364 g/mol. The van der Waals surface area contributed by atoms with Gasteiger partial charge in [0, 0.05) is 17.8 Å². The van der Waals surface area contributed by atoms with Crippen LogP contribution < -0.4 is 14.8 Å². The third kappa shape index (κ3) is 4.08. The minimum Gasteiger partial charge on any atom is -0.490 e. The molecule has 1 fully saturated rings. The summed E-state index contributed by atoms with van der Waals surface area (Å²) in [4.78, 5) is 11.6. The highest BCUT2D eigenvalue weighted by molar-refractivity contribution is 7.92. The molecule has 1 heterocycles. The van der Waals surface area contributed by atoms with E-state index in [4.69, 9.17) is 4.74 Å². The van der Waals surface area contributed by atoms with E-state index in [1.807, 2.05) is 0 Å². The molecule has 1 saturated carbocycles. The second-order valence-electron chi connectivity index (χ2n) is 7.02. The van der Waals surface area contributed by atoms with Crippen molar-refractivity contribution < 1.29 is 17.9 Å². The van der Waals surface area contributed by atoms with Crippen LogP contribution in [0.2, 0.25) is 0 Å². The van der Waals surface area contributed by atoms with Gasteiger partial charge in [-0.25, -0.2) is 8.42 Å². The standard InChI is InChI=1S/C20H22N2O4S/c23-20-12-5-14-13-18(10-11-19(14)21-20)27(24,25)22-15-6-8-17(9-7-15)26-16-3-1-2-4-16/h6-11,13,16,22H,1-5,12H2,(H,21,23). The number of rotatable bonds is 5. The van der Waals surface area contributed by atoms with E-state index in [2.05, 4.69) is 10.0 Å². The Kier molecular flexibility index (Phi) is 4.78. The molecule has 0 radical (unpaired) electrons. The molecule has 2 aromatic carbocycles. The number of carbonyl (C=O) groups is 1. The van der Waals surface area contributed by atoms with Crippen molar-refractivity contribution in [1.82, 2.24) is 0 Å². The van der Waals surface area contributed by atoms with E-state index >= 15 is 0 Å². The van der Waals surface area contributed by atoms with Crippen LogP contribution in [0.3, 0.4) is 0 Å². The lowest BCUT2D eigenvalue weighted by Gasteiger charge is -2.18. The maximum absolute atomic E-state index is 12.7. The van der Waals surface area contributed by atoms with Crippen LogP contribution in [0.25, 0.3) is 0 Å². The molecule has 142 valence electrons. The topological polar surface area (TPSA) is 84.5 Å². The maximum atomic E-state index is 12.7. The zero-order valence-electron chi connectivity index (χ0n) is 14.9. The Balaban J connectivity index is 1.47. The molecule has 6 nitrogen and oxygen atoms in total. The fraction of sp³-hybridized carbons (Fsp3) is 0.350. The predicted octanol–water partition coefficient (Wildman–Crippen LogP) is 3.69. The number of hydrogen-bond donors (Lipinski definition) is 2. The molecule has 2 aromatic rings. The minimum atomic E-state index is -3.70. The first-order valence-electron chi connectivity index (χ1n) is 9.22. The lowest BCUT2D eigenvalue weighted by Crippen LogP contribution is -2.20. The van der Waals surface area contributed by atoms with E-state index in [1.165, 1.54) is 18.9 Å². The SMILES string of the molecule is O=C1CCc2cc(S(=O)(=O)Nc3ccc(OC4CCCC4)cc3)ccc2N1. The van der Waals surface area contributed by atoms with Gasteiger partial charge < -0.3 is 10.1 Å². The summed E-state index contributed by atoms with van der Waals surface area (Å²) in [6.45, 7) is 0. The van der Waals surface area contributed by atoms with E-state index in [-0.39, 0.29) is 16.9 Å². The average Bonchev–Trinajstić information content (AvgIpc) is 3.15. The summed E-state index contributed by atoms with van der Waals surface area (Å²) >= 11 is 0. The summed E-state index contributed by atoms with van der Waals surface area (Å²) in [6.07, 6.45) is 5.73. The van der Waals surface area contributed by atoms with Gasteiger partial charge in [-0.05, 0) is 80.1 Å². The van der Waals surface area contributed by atoms with E-state index < -0.39 is 10.0 Å². The largest absolute Gasteiger partial charge is 0.490 e. The van der Waals surface area contributed by atoms with E-state index in [1.54, 1.807) is 36.4 Å². The Morgan fingerprint density at radius 3 is 2.48 bits per heavy atom. The minimum absolute atomic E-state index is 0.0452. The fourth-order valence-corrected chi connectivity index (χ4v) is 4.65. The summed E-state index contributed by atoms with van der Waals surface area (Å²) in [6, 6.07) is 11.8. The van der Waals surface area contributed by atoms with Crippen LogP contribution in [0.4, 0.5) is 11.4 Å². The van der Waals surface area contributed by atoms with Crippen molar-refractivity contribution in [2.45, 2.75) is 49.5 Å². The van der Waals surface area contributed by atoms with Crippen molar-refractivity contribution in [3.63, 3.8) is 0 Å². The molecule has 0 aromatic heterocycles. The van der Waals surface area contributed by atoms with Crippen LogP contribution in [0.15, 0.2) is 47.4 Å². The van der Waals surface area contributed by atoms with Gasteiger partial charge in [-0.3, -0.25) is 9.52 Å². The first kappa shape index (κ1) is 17.9. The molecule has 1 amide bonds. The van der Waals surface area contributed by atoms with Gasteiger partial charge in [0.05, 0.1) is 11.0 Å². The second kappa shape index (κ2) is 7.23. The van der Waals surface area contributed by atoms with Gasteiger partial charge >= 0.3 is 0 Å². The number of hydrogen-bond acceptors (Lipinski definition) is 4. The van der Waals surface area contributed by atoms with Gasteiger partial charge in [-0.2, -0.15) is 0 Å². The molecular formula is C20H22N2O4S. The van der Waals surface area contributed by atoms with Crippen molar-refractivity contribution in [3.8, 4) is 5.75 Å². The third-order valence-corrected chi connectivity index (χ3v) is 6.37. The normalized spacial score (nSPS) is 17.3. The number of sulfonamides is 1. The highest BCUT2D eigenvalue weighted by Gasteiger charge is 2.20. The van der Waals surface area contributed by atoms with Gasteiger partial charge in [0.25, 0.3) is 10.0 Å². The number of fused-ring (bicyclic) bond motifs is 1. The van der Waals surface area contributed by atoms with Crippen LogP contribution in [0, 0.1) is 0 Å². The highest BCUT2D eigenvalue weighted by atomic mass is 32.2. The first-order valence-corrected chi connectivity index (χ1v) is 10.7. The quantitative estimate of drug-likeness (QED) is 0.821. The van der Waals surface area contributed by atoms with Crippen LogP contribution >= 0.6 is 0 Å². The van der Waals surface area contributed by atoms with Crippen LogP contribution in [-0.4, -0.2) is 20.4 Å². The number of carbonyl (C=O) groups excluding carboxylic acids is 1. The zero-order valence-corrected chi connectivity index (χ0v) is 15.7. The van der Waals surface area contributed by atoms with Gasteiger partial charge in [0.1, 0.15) is 5.75 Å². The first-order chi connectivity index (χ1) is 13.0. The van der Waals surface area contributed by atoms with Crippen LogP contribution in [0.5, 0.6) is 5.75 Å². The van der Waals surface area contributed by atoms with Gasteiger partial charge in [0.15, 0.2) is 0 Å². The average molecular weight is 386 g/mol. The summed E-state index contributed by atoms with van der Waals surface area (Å²) in [5, 5.41) is 2.76. The molecule has 7 heteroatoms. The van der Waals surface area contributed by atoms with Crippen molar-refractivity contribution in [2.24, 2.45) is 0 Å². The molecule has 0 atom stereocenters. The molecule has 1 aliphatic carbocycles. The van der Waals surface area contributed by atoms with Crippen molar-refractivity contribution in [2.75, 3.05) is 10.0 Å². The van der Waals surface area contributed by atoms with Crippen molar-refractivity contribution in [3.05, 3.63) is 48.0 Å². The molecule has 1 aliphatic heterocycles. The summed E-state index contributed by atoms with van der Waals surface area (Å²) in [5.74, 6) is 0.713. The predicted molar refractivity (Wildman–Crippen MR) is 104 cm³/mol. The molecule has 2 aliphatic rings. The van der Waals surface area contributed by atoms with Crippen molar-refractivity contribution in [1.29, 1.82) is 0 Å². The second-order valence-corrected chi connectivity index (χ2v) is 8.70. The number of nitrogens with one attached hydrogen (secondary N) is 2. The Morgan fingerprint density at radius 1 is 1.00 bits per heavy atom. The molecule has 0 bridgehead atoms. The van der Waals surface area contributed by atoms with Crippen LogP contribution in [-0.2, 0) is 21.2 Å². The Morgan fingerprint density at radius 2 is 1.74 bits per heavy atom. The van der Waals surface area contributed by atoms with Gasteiger partial charge in [-0.1, -0.05) is 0 Å². The van der Waals surface area contributed by atoms with Crippen LogP contribution in [0.1, 0.15) is 37.7 Å². The lowest BCUT2D eigenvalue weighted by atomic mass is 10.0. The molecule has 0 saturated heterocycles. The third-order valence-electron chi connectivity index (χ3n) is 4.99. The number of amides is 1. The summed E-state index contributed by atoms with van der Waals surface area (Å²) in [5.41, 5.74) is 2.00. The van der Waals surface area contributed by atoms with Gasteiger partial charge in [0.2, 0.25) is 5.91 Å². The molecule has 0 spiro atoms. The smallest absolute Gasteiger partial charge is 0.261 e. The molecule has 0 unspecified atom stereocenters. The number of aryl methyl sites for hydroxylation is 1. The van der Waals surface area contributed by atoms with E-state index in [9.17, 15) is 13.2 Å². The Hall–Kier alpha value is -2.54. The highest BCUT2D eigenvalue weighted by Crippen LogP contribution is 2.28. The molecule has 4 rings (SSSR count). The molecule has 27 heavy (non-hydrogen) atoms. The number of ether oxygens (including phenoxy) is 1. The monoisotopic (exact) mass is 386 g/mol. The Labute approximate surface area is 159 Å². The van der Waals surface area contributed by atoms with Crippen molar-refractivity contribution >= 4 is 27.3 Å². The summed E-state index contributed by atoms with van der Waals surface area (Å²) < 4.78 is 33.9. The van der Waals surface area contributed by atoms with Gasteiger partial charge in [-0.15, -0.1) is 0 Å². The number of benzene rings is 2. The maximum Gasteiger partial charge on any atom is 0.261 e. The summed E-state index contributed by atoms with van der Waals surface area (Å²) in [7, 11) is -3.70. The number of anilines is 2. The lowest BCUT2D eigenvalue weighted by molar-refractivity contribution is -0.116. The fourth-order valence-electron chi connectivity index (χ4n) is 3.54. The Bertz CT molecular complexity index is 948. The van der Waals surface area contributed by atoms with E-state index in [0.717, 1.165) is 24.2 Å². The van der Waals surface area contributed by atoms with E-state index in [0.29, 0.717) is 24.2 Å².